The van der Waals surface area contributed by atoms with Gasteiger partial charge in [-0.3, -0.25) is 9.69 Å². The molecule has 0 saturated carbocycles. The molecule has 40 heavy (non-hydrogen) atoms. The number of morpholine rings is 1. The number of anilines is 3. The van der Waals surface area contributed by atoms with E-state index in [-0.39, 0.29) is 23.3 Å². The van der Waals surface area contributed by atoms with Gasteiger partial charge >= 0.3 is 6.18 Å². The highest BCUT2D eigenvalue weighted by Gasteiger charge is 2.39. The van der Waals surface area contributed by atoms with E-state index in [1.54, 1.807) is 0 Å². The van der Waals surface area contributed by atoms with Crippen LogP contribution in [0, 0.1) is 5.82 Å². The van der Waals surface area contributed by atoms with Gasteiger partial charge in [0.25, 0.3) is 5.91 Å². The number of halogens is 4. The van der Waals surface area contributed by atoms with E-state index < -0.39 is 28.5 Å². The number of alkyl halides is 3. The van der Waals surface area contributed by atoms with Crippen LogP contribution in [0.15, 0.2) is 30.0 Å². The summed E-state index contributed by atoms with van der Waals surface area (Å²) in [5, 5.41) is 2.61. The molecule has 2 atom stereocenters. The van der Waals surface area contributed by atoms with Gasteiger partial charge in [-0.15, -0.1) is 11.3 Å². The maximum absolute atomic E-state index is 15.6. The molecule has 1 amide bonds. The lowest BCUT2D eigenvalue weighted by molar-refractivity contribution is -0.141. The van der Waals surface area contributed by atoms with E-state index in [9.17, 15) is 18.0 Å². The fourth-order valence-corrected chi connectivity index (χ4v) is 5.62. The number of piperazine rings is 1. The van der Waals surface area contributed by atoms with Crippen LogP contribution < -0.4 is 15.1 Å². The van der Waals surface area contributed by atoms with Crippen molar-refractivity contribution in [3.05, 3.63) is 46.4 Å². The van der Waals surface area contributed by atoms with Gasteiger partial charge < -0.3 is 19.9 Å². The summed E-state index contributed by atoms with van der Waals surface area (Å²) in [6.45, 7) is 7.53. The summed E-state index contributed by atoms with van der Waals surface area (Å²) < 4.78 is 61.4. The Labute approximate surface area is 232 Å². The fourth-order valence-electron chi connectivity index (χ4n) is 4.92. The van der Waals surface area contributed by atoms with Crippen molar-refractivity contribution in [2.75, 3.05) is 61.6 Å². The molecule has 0 bridgehead atoms. The number of amides is 1. The number of aromatic nitrogens is 3. The van der Waals surface area contributed by atoms with E-state index >= 15 is 4.39 Å². The van der Waals surface area contributed by atoms with Crippen molar-refractivity contribution in [2.24, 2.45) is 0 Å². The lowest BCUT2D eigenvalue weighted by atomic mass is 10.0. The maximum atomic E-state index is 15.6. The van der Waals surface area contributed by atoms with Gasteiger partial charge in [-0.25, -0.2) is 19.3 Å². The molecule has 2 aliphatic heterocycles. The van der Waals surface area contributed by atoms with E-state index in [2.05, 4.69) is 25.2 Å². The molecule has 2 saturated heterocycles. The van der Waals surface area contributed by atoms with Crippen LogP contribution in [0.3, 0.4) is 0 Å². The third-order valence-electron chi connectivity index (χ3n) is 7.32. The van der Waals surface area contributed by atoms with Crippen molar-refractivity contribution in [3.8, 4) is 11.1 Å². The Morgan fingerprint density at radius 1 is 1.05 bits per heavy atom. The summed E-state index contributed by atoms with van der Waals surface area (Å²) >= 11 is 0.594. The highest BCUT2D eigenvalue weighted by molar-refractivity contribution is 7.12. The SMILES string of the molecule is CC1CN(c2cc(F)c(-c3cnc(N4CCOCC4)nc3)cc2NC(=O)c2scnc2C(F)(F)F)CC(C)N1C. The van der Waals surface area contributed by atoms with Crippen LogP contribution in [-0.4, -0.2) is 84.3 Å². The third-order valence-corrected chi connectivity index (χ3v) is 8.14. The lowest BCUT2D eigenvalue weighted by Gasteiger charge is -2.44. The van der Waals surface area contributed by atoms with Gasteiger partial charge in [-0.1, -0.05) is 0 Å². The topological polar surface area (TPSA) is 86.7 Å². The van der Waals surface area contributed by atoms with Gasteiger partial charge in [0.2, 0.25) is 5.95 Å². The molecule has 0 radical (unpaired) electrons. The number of nitrogens with one attached hydrogen (secondary N) is 1. The quantitative estimate of drug-likeness (QED) is 0.446. The monoisotopic (exact) mass is 579 g/mol. The van der Waals surface area contributed by atoms with Crippen molar-refractivity contribution < 1.29 is 27.1 Å². The maximum Gasteiger partial charge on any atom is 0.434 e. The van der Waals surface area contributed by atoms with E-state index in [0.29, 0.717) is 67.9 Å². The average Bonchev–Trinajstić information content (AvgIpc) is 3.44. The summed E-state index contributed by atoms with van der Waals surface area (Å²) in [6.07, 6.45) is -1.80. The lowest BCUT2D eigenvalue weighted by Crippen LogP contribution is -2.55. The molecule has 1 N–H and O–H groups in total. The average molecular weight is 580 g/mol. The molecular weight excluding hydrogens is 550 g/mol. The van der Waals surface area contributed by atoms with E-state index in [1.165, 1.54) is 24.5 Å². The Bertz CT molecular complexity index is 1350. The van der Waals surface area contributed by atoms with Crippen LogP contribution in [0.4, 0.5) is 34.9 Å². The molecule has 3 aromatic rings. The van der Waals surface area contributed by atoms with Crippen molar-refractivity contribution in [1.82, 2.24) is 19.9 Å². The summed E-state index contributed by atoms with van der Waals surface area (Å²) in [5.41, 5.74) is 0.766. The minimum Gasteiger partial charge on any atom is -0.378 e. The third kappa shape index (κ3) is 5.74. The standard InChI is InChI=1S/C26H29F4N7O2S/c1-15-12-37(13-16(2)35(15)3)21-9-19(27)18(17-10-31-25(32-11-17)36-4-6-39-7-5-36)8-20(21)34-24(38)22-23(26(28,29)30)33-14-40-22/h8-11,14-16H,4-7,12-13H2,1-3H3,(H,34,38). The van der Waals surface area contributed by atoms with Crippen molar-refractivity contribution in [2.45, 2.75) is 32.1 Å². The number of ether oxygens (including phenoxy) is 1. The number of likely N-dealkylation sites (N-methyl/N-ethyl adjacent to an activating group) is 1. The first-order valence-corrected chi connectivity index (χ1v) is 13.7. The second-order valence-corrected chi connectivity index (χ2v) is 10.8. The summed E-state index contributed by atoms with van der Waals surface area (Å²) in [7, 11) is 2.00. The molecular formula is C26H29F4N7O2S. The number of nitrogens with zero attached hydrogens (tertiary/aromatic N) is 6. The van der Waals surface area contributed by atoms with Crippen molar-refractivity contribution >= 4 is 34.6 Å². The Hall–Kier alpha value is -3.36. The number of carbonyl (C=O) groups excluding carboxylic acids is 1. The molecule has 2 aromatic heterocycles. The van der Waals surface area contributed by atoms with Gasteiger partial charge in [-0.05, 0) is 33.0 Å². The molecule has 5 rings (SSSR count). The van der Waals surface area contributed by atoms with Gasteiger partial charge in [-0.2, -0.15) is 13.2 Å². The molecule has 0 aliphatic carbocycles. The highest BCUT2D eigenvalue weighted by Crippen LogP contribution is 2.38. The molecule has 9 nitrogen and oxygen atoms in total. The zero-order chi connectivity index (χ0) is 28.6. The number of benzene rings is 1. The first kappa shape index (κ1) is 28.2. The summed E-state index contributed by atoms with van der Waals surface area (Å²) in [6, 6.07) is 2.98. The molecule has 0 spiro atoms. The van der Waals surface area contributed by atoms with Gasteiger partial charge in [0.05, 0.1) is 30.1 Å². The predicted molar refractivity (Wildman–Crippen MR) is 144 cm³/mol. The normalized spacial score (nSPS) is 20.6. The molecule has 14 heteroatoms. The van der Waals surface area contributed by atoms with Gasteiger partial charge in [0.1, 0.15) is 10.7 Å². The first-order valence-electron chi connectivity index (χ1n) is 12.8. The molecule has 2 aliphatic rings. The number of rotatable bonds is 5. The molecule has 1 aromatic carbocycles. The van der Waals surface area contributed by atoms with Gasteiger partial charge in [0, 0.05) is 61.8 Å². The van der Waals surface area contributed by atoms with E-state index in [0.717, 1.165) is 5.51 Å². The second kappa shape index (κ2) is 11.3. The fraction of sp³-hybridized carbons (Fsp3) is 0.462. The van der Waals surface area contributed by atoms with E-state index in [4.69, 9.17) is 4.74 Å². The summed E-state index contributed by atoms with van der Waals surface area (Å²) in [5.74, 6) is -1.05. The van der Waals surface area contributed by atoms with Crippen LogP contribution in [0.1, 0.15) is 29.2 Å². The molecule has 2 unspecified atom stereocenters. The number of carbonyl (C=O) groups is 1. The van der Waals surface area contributed by atoms with Crippen molar-refractivity contribution in [3.63, 3.8) is 0 Å². The van der Waals surface area contributed by atoms with Crippen LogP contribution in [0.2, 0.25) is 0 Å². The van der Waals surface area contributed by atoms with Crippen LogP contribution >= 0.6 is 11.3 Å². The number of hydrogen-bond acceptors (Lipinski definition) is 9. The highest BCUT2D eigenvalue weighted by atomic mass is 32.1. The zero-order valence-electron chi connectivity index (χ0n) is 22.2. The van der Waals surface area contributed by atoms with Crippen LogP contribution in [0.25, 0.3) is 11.1 Å². The first-order chi connectivity index (χ1) is 19.0. The van der Waals surface area contributed by atoms with Crippen molar-refractivity contribution in [1.29, 1.82) is 0 Å². The minimum atomic E-state index is -4.79. The second-order valence-electron chi connectivity index (χ2n) is 9.97. The predicted octanol–water partition coefficient (Wildman–Crippen LogP) is 4.38. The van der Waals surface area contributed by atoms with E-state index in [1.807, 2.05) is 30.7 Å². The molecule has 214 valence electrons. The zero-order valence-corrected chi connectivity index (χ0v) is 23.0. The Morgan fingerprint density at radius 3 is 2.33 bits per heavy atom. The molecule has 4 heterocycles. The minimum absolute atomic E-state index is 0.114. The number of thiazole rings is 1. The van der Waals surface area contributed by atoms with Crippen LogP contribution in [-0.2, 0) is 10.9 Å². The smallest absolute Gasteiger partial charge is 0.378 e. The molecule has 2 fully saturated rings. The number of hydrogen-bond donors (Lipinski definition) is 1. The Morgan fingerprint density at radius 2 is 1.70 bits per heavy atom. The Kier molecular flexibility index (Phi) is 7.93. The summed E-state index contributed by atoms with van der Waals surface area (Å²) in [4.78, 5) is 30.8. The Balaban J connectivity index is 1.52. The largest absolute Gasteiger partial charge is 0.434 e. The van der Waals surface area contributed by atoms with Crippen LogP contribution in [0.5, 0.6) is 0 Å². The van der Waals surface area contributed by atoms with Gasteiger partial charge in [0.15, 0.2) is 5.69 Å².